The molecule has 0 spiro atoms. The number of phenols is 1. The maximum atomic E-state index is 13.7. The lowest BCUT2D eigenvalue weighted by molar-refractivity contribution is -0.125. The van der Waals surface area contributed by atoms with Crippen molar-refractivity contribution in [3.63, 3.8) is 0 Å². The first kappa shape index (κ1) is 23.5. The highest BCUT2D eigenvalue weighted by atomic mass is 16.3. The molecule has 3 N–H and O–H groups in total. The topological polar surface area (TPSA) is 98.7 Å². The van der Waals surface area contributed by atoms with Gasteiger partial charge in [-0.05, 0) is 62.1 Å². The largest absolute Gasteiger partial charge is 0.507 e. The number of carbonyl (C=O) groups excluding carboxylic acids is 3. The number of rotatable bonds is 5. The Morgan fingerprint density at radius 2 is 1.76 bits per heavy atom. The van der Waals surface area contributed by atoms with Crippen molar-refractivity contribution in [2.75, 3.05) is 11.4 Å². The third kappa shape index (κ3) is 4.83. The highest BCUT2D eigenvalue weighted by Crippen LogP contribution is 2.29. The zero-order valence-electron chi connectivity index (χ0n) is 19.6. The van der Waals surface area contributed by atoms with E-state index in [0.29, 0.717) is 5.69 Å². The van der Waals surface area contributed by atoms with E-state index in [4.69, 9.17) is 0 Å². The molecular weight excluding hydrogens is 430 g/mol. The van der Waals surface area contributed by atoms with Gasteiger partial charge in [-0.25, -0.2) is 0 Å². The molecule has 34 heavy (non-hydrogen) atoms. The summed E-state index contributed by atoms with van der Waals surface area (Å²) in [5.74, 6) is -1.38. The lowest BCUT2D eigenvalue weighted by Crippen LogP contribution is -2.54. The van der Waals surface area contributed by atoms with E-state index in [0.717, 1.165) is 43.2 Å². The zero-order chi connectivity index (χ0) is 24.2. The number of anilines is 1. The average Bonchev–Trinajstić information content (AvgIpc) is 3.00. The van der Waals surface area contributed by atoms with Crippen molar-refractivity contribution in [3.8, 4) is 5.75 Å². The average molecular weight is 462 g/mol. The van der Waals surface area contributed by atoms with Gasteiger partial charge in [0.2, 0.25) is 11.8 Å². The molecule has 2 amide bonds. The molecule has 0 bridgehead atoms. The van der Waals surface area contributed by atoms with Crippen LogP contribution in [0, 0.1) is 13.8 Å². The van der Waals surface area contributed by atoms with Crippen LogP contribution in [0.4, 0.5) is 5.69 Å². The molecule has 0 saturated heterocycles. The summed E-state index contributed by atoms with van der Waals surface area (Å²) in [7, 11) is 0. The maximum Gasteiger partial charge on any atom is 0.248 e. The van der Waals surface area contributed by atoms with Gasteiger partial charge >= 0.3 is 0 Å². The Morgan fingerprint density at radius 1 is 1.03 bits per heavy atom. The number of aromatic hydroxyl groups is 1. The molecule has 7 heteroatoms. The highest BCUT2D eigenvalue weighted by molar-refractivity contribution is 6.17. The first-order valence-corrected chi connectivity index (χ1v) is 11.8. The van der Waals surface area contributed by atoms with Crippen LogP contribution < -0.4 is 15.5 Å². The molecule has 4 rings (SSSR count). The van der Waals surface area contributed by atoms with Gasteiger partial charge in [0.15, 0.2) is 5.78 Å². The number of benzene rings is 2. The molecule has 2 aromatic rings. The van der Waals surface area contributed by atoms with E-state index in [9.17, 15) is 19.5 Å². The van der Waals surface area contributed by atoms with Gasteiger partial charge in [-0.2, -0.15) is 0 Å². The number of amides is 2. The van der Waals surface area contributed by atoms with E-state index in [2.05, 4.69) is 10.6 Å². The predicted molar refractivity (Wildman–Crippen MR) is 131 cm³/mol. The third-order valence-electron chi connectivity index (χ3n) is 6.71. The normalized spacial score (nSPS) is 19.1. The number of hydrogen-bond donors (Lipinski definition) is 3. The maximum absolute atomic E-state index is 13.7. The summed E-state index contributed by atoms with van der Waals surface area (Å²) < 4.78 is 0. The molecule has 7 nitrogen and oxygen atoms in total. The van der Waals surface area contributed by atoms with Gasteiger partial charge < -0.3 is 15.7 Å². The quantitative estimate of drug-likeness (QED) is 0.592. The minimum atomic E-state index is -1.17. The van der Waals surface area contributed by atoms with Crippen molar-refractivity contribution < 1.29 is 19.5 Å². The number of para-hydroxylation sites is 1. The number of aryl methyl sites for hydroxylation is 2. The van der Waals surface area contributed by atoms with Crippen molar-refractivity contribution >= 4 is 23.3 Å². The summed E-state index contributed by atoms with van der Waals surface area (Å²) in [4.78, 5) is 42.0. The van der Waals surface area contributed by atoms with Crippen molar-refractivity contribution in [2.24, 2.45) is 0 Å². The second-order valence-electron chi connectivity index (χ2n) is 9.11. The molecular formula is C27H31N3O4. The number of nitrogens with one attached hydrogen (secondary N) is 2. The fraction of sp³-hybridized carbons (Fsp3) is 0.370. The smallest absolute Gasteiger partial charge is 0.248 e. The van der Waals surface area contributed by atoms with Gasteiger partial charge in [0.25, 0.3) is 0 Å². The number of hydrogen-bond acceptors (Lipinski definition) is 5. The Hall–Kier alpha value is -3.61. The van der Waals surface area contributed by atoms with Crippen molar-refractivity contribution in [3.05, 3.63) is 70.9 Å². The minimum Gasteiger partial charge on any atom is -0.507 e. The Kier molecular flexibility index (Phi) is 7.01. The fourth-order valence-corrected chi connectivity index (χ4v) is 4.66. The van der Waals surface area contributed by atoms with Crippen LogP contribution in [0.15, 0.2) is 54.2 Å². The molecule has 1 saturated carbocycles. The summed E-state index contributed by atoms with van der Waals surface area (Å²) in [6.45, 7) is 3.86. The Morgan fingerprint density at radius 3 is 2.47 bits per heavy atom. The van der Waals surface area contributed by atoms with Crippen LogP contribution in [0.2, 0.25) is 0 Å². The lowest BCUT2D eigenvalue weighted by atomic mass is 9.92. The van der Waals surface area contributed by atoms with E-state index in [1.54, 1.807) is 18.2 Å². The summed E-state index contributed by atoms with van der Waals surface area (Å²) >= 11 is 0. The standard InChI is InChI=1S/C27H31N3O4/c1-17-12-13-20(14-18(17)2)30-24(32)16-28-15-22(26(33)21-10-6-7-11-23(21)31)25(30)27(34)29-19-8-4-3-5-9-19/h6-7,10-15,19,25,28,31H,3-5,8-9,16H2,1-2H3,(H,29,34). The predicted octanol–water partition coefficient (Wildman–Crippen LogP) is 3.53. The van der Waals surface area contributed by atoms with Crippen LogP contribution in [-0.4, -0.2) is 41.3 Å². The molecule has 0 radical (unpaired) electrons. The third-order valence-corrected chi connectivity index (χ3v) is 6.71. The van der Waals surface area contributed by atoms with E-state index in [-0.39, 0.29) is 35.4 Å². The summed E-state index contributed by atoms with van der Waals surface area (Å²) in [6, 6.07) is 10.6. The monoisotopic (exact) mass is 461 g/mol. The first-order chi connectivity index (χ1) is 16.4. The van der Waals surface area contributed by atoms with E-state index >= 15 is 0 Å². The van der Waals surface area contributed by atoms with E-state index in [1.807, 2.05) is 26.0 Å². The summed E-state index contributed by atoms with van der Waals surface area (Å²) in [6.07, 6.45) is 6.41. The summed E-state index contributed by atoms with van der Waals surface area (Å²) in [5, 5.41) is 16.3. The molecule has 1 heterocycles. The van der Waals surface area contributed by atoms with Crippen LogP contribution in [0.3, 0.4) is 0 Å². The number of phenolic OH excluding ortho intramolecular Hbond substituents is 1. The second-order valence-corrected chi connectivity index (χ2v) is 9.11. The Balaban J connectivity index is 1.79. The van der Waals surface area contributed by atoms with Crippen LogP contribution in [0.25, 0.3) is 0 Å². The van der Waals surface area contributed by atoms with Crippen LogP contribution in [-0.2, 0) is 9.59 Å². The molecule has 0 aromatic heterocycles. The van der Waals surface area contributed by atoms with Gasteiger partial charge in [-0.15, -0.1) is 0 Å². The minimum absolute atomic E-state index is 0.00986. The van der Waals surface area contributed by atoms with Gasteiger partial charge in [0, 0.05) is 23.5 Å². The Labute approximate surface area is 199 Å². The molecule has 1 atom stereocenters. The zero-order valence-corrected chi connectivity index (χ0v) is 19.6. The van der Waals surface area contributed by atoms with Crippen molar-refractivity contribution in [1.82, 2.24) is 10.6 Å². The molecule has 2 aliphatic rings. The van der Waals surface area contributed by atoms with Gasteiger partial charge in [-0.1, -0.05) is 37.5 Å². The van der Waals surface area contributed by atoms with Crippen LogP contribution >= 0.6 is 0 Å². The highest BCUT2D eigenvalue weighted by Gasteiger charge is 2.40. The van der Waals surface area contributed by atoms with Crippen molar-refractivity contribution in [1.29, 1.82) is 0 Å². The SMILES string of the molecule is Cc1ccc(N2C(=O)CNC=C(C(=O)c3ccccc3O)C2C(=O)NC2CCCCC2)cc1C. The fourth-order valence-electron chi connectivity index (χ4n) is 4.66. The molecule has 178 valence electrons. The molecule has 1 fully saturated rings. The molecule has 1 aliphatic carbocycles. The molecule has 1 aliphatic heterocycles. The first-order valence-electron chi connectivity index (χ1n) is 11.8. The lowest BCUT2D eigenvalue weighted by Gasteiger charge is -2.33. The number of ketones is 1. The van der Waals surface area contributed by atoms with E-state index < -0.39 is 17.7 Å². The van der Waals surface area contributed by atoms with Gasteiger partial charge in [-0.3, -0.25) is 19.3 Å². The summed E-state index contributed by atoms with van der Waals surface area (Å²) in [5.41, 5.74) is 2.79. The molecule has 1 unspecified atom stereocenters. The van der Waals surface area contributed by atoms with Gasteiger partial charge in [0.05, 0.1) is 12.1 Å². The van der Waals surface area contributed by atoms with Crippen molar-refractivity contribution in [2.45, 2.75) is 58.0 Å². The van der Waals surface area contributed by atoms with Crippen LogP contribution in [0.5, 0.6) is 5.75 Å². The van der Waals surface area contributed by atoms with E-state index in [1.165, 1.54) is 23.2 Å². The number of nitrogens with zero attached hydrogens (tertiary/aromatic N) is 1. The number of Topliss-reactive ketones (excluding diaryl/α,β-unsaturated/α-hetero) is 1. The van der Waals surface area contributed by atoms with Crippen LogP contribution in [0.1, 0.15) is 53.6 Å². The van der Waals surface area contributed by atoms with Gasteiger partial charge in [0.1, 0.15) is 11.8 Å². The second kappa shape index (κ2) is 10.1. The number of carbonyl (C=O) groups is 3. The Bertz CT molecular complexity index is 1130. The molecule has 2 aromatic carbocycles.